The van der Waals surface area contributed by atoms with E-state index in [4.69, 9.17) is 0 Å². The van der Waals surface area contributed by atoms with E-state index in [-0.39, 0.29) is 11.8 Å². The Hall–Kier alpha value is -2.27. The summed E-state index contributed by atoms with van der Waals surface area (Å²) in [6.45, 7) is 2.50. The van der Waals surface area contributed by atoms with E-state index in [0.29, 0.717) is 18.1 Å². The summed E-state index contributed by atoms with van der Waals surface area (Å²) in [5, 5.41) is 5.77. The number of amides is 1. The van der Waals surface area contributed by atoms with Gasteiger partial charge in [-0.25, -0.2) is 9.97 Å². The van der Waals surface area contributed by atoms with Gasteiger partial charge >= 0.3 is 0 Å². The predicted molar refractivity (Wildman–Crippen MR) is 79.2 cm³/mol. The van der Waals surface area contributed by atoms with Crippen molar-refractivity contribution in [1.82, 2.24) is 15.3 Å². The molecule has 1 heterocycles. The molecule has 0 saturated heterocycles. The molecular formula is C15H18N4O. The molecule has 0 aliphatic heterocycles. The zero-order valence-electron chi connectivity index (χ0n) is 11.6. The van der Waals surface area contributed by atoms with Crippen molar-refractivity contribution in [3.63, 3.8) is 0 Å². The van der Waals surface area contributed by atoms with E-state index in [1.807, 2.05) is 44.3 Å². The Labute approximate surface area is 118 Å². The molecule has 2 N–H and O–H groups in total. The lowest BCUT2D eigenvalue weighted by Gasteiger charge is -2.11. The second kappa shape index (κ2) is 6.77. The van der Waals surface area contributed by atoms with E-state index in [9.17, 15) is 4.79 Å². The summed E-state index contributed by atoms with van der Waals surface area (Å²) in [7, 11) is 1.82. The smallest absolute Gasteiger partial charge is 0.228 e. The lowest BCUT2D eigenvalue weighted by atomic mass is 10.1. The summed E-state index contributed by atoms with van der Waals surface area (Å²) in [4.78, 5) is 20.4. The second-order valence-corrected chi connectivity index (χ2v) is 4.61. The van der Waals surface area contributed by atoms with Crippen LogP contribution >= 0.6 is 0 Å². The Morgan fingerprint density at radius 2 is 1.85 bits per heavy atom. The van der Waals surface area contributed by atoms with Crippen LogP contribution < -0.4 is 10.6 Å². The number of anilines is 1. The molecule has 0 spiro atoms. The first-order chi connectivity index (χ1) is 9.70. The van der Waals surface area contributed by atoms with Crippen molar-refractivity contribution in [3.8, 4) is 11.4 Å². The van der Waals surface area contributed by atoms with Crippen molar-refractivity contribution < 1.29 is 4.79 Å². The zero-order chi connectivity index (χ0) is 14.4. The molecule has 5 heteroatoms. The zero-order valence-corrected chi connectivity index (χ0v) is 11.6. The summed E-state index contributed by atoms with van der Waals surface area (Å²) >= 11 is 0. The molecule has 1 amide bonds. The molecule has 0 bridgehead atoms. The molecular weight excluding hydrogens is 252 g/mol. The quantitative estimate of drug-likeness (QED) is 0.871. The van der Waals surface area contributed by atoms with Crippen LogP contribution in [0.3, 0.4) is 0 Å². The number of hydrogen-bond acceptors (Lipinski definition) is 4. The first kappa shape index (κ1) is 14.1. The highest BCUT2D eigenvalue weighted by molar-refractivity contribution is 5.92. The van der Waals surface area contributed by atoms with Gasteiger partial charge in [0.2, 0.25) is 5.91 Å². The summed E-state index contributed by atoms with van der Waals surface area (Å²) in [6.07, 6.45) is 3.25. The fourth-order valence-electron chi connectivity index (χ4n) is 1.79. The van der Waals surface area contributed by atoms with Crippen molar-refractivity contribution >= 4 is 11.6 Å². The molecule has 2 aromatic rings. The molecule has 1 atom stereocenters. The monoisotopic (exact) mass is 270 g/mol. The standard InChI is InChI=1S/C15H18N4O/c1-11(8-16-2)15(20)19-13-9-17-14(18-10-13)12-6-4-3-5-7-12/h3-7,9-11,16H,8H2,1-2H3,(H,19,20). The van der Waals surface area contributed by atoms with E-state index in [1.165, 1.54) is 0 Å². The minimum absolute atomic E-state index is 0.0459. The number of aromatic nitrogens is 2. The lowest BCUT2D eigenvalue weighted by Crippen LogP contribution is -2.28. The highest BCUT2D eigenvalue weighted by Gasteiger charge is 2.12. The molecule has 104 valence electrons. The maximum absolute atomic E-state index is 11.9. The summed E-state index contributed by atoms with van der Waals surface area (Å²) in [5.41, 5.74) is 1.56. The highest BCUT2D eigenvalue weighted by Crippen LogP contribution is 2.15. The Morgan fingerprint density at radius 3 is 2.45 bits per heavy atom. The minimum Gasteiger partial charge on any atom is -0.323 e. The number of rotatable bonds is 5. The van der Waals surface area contributed by atoms with Gasteiger partial charge in [0, 0.05) is 18.0 Å². The third-order valence-electron chi connectivity index (χ3n) is 2.91. The van der Waals surface area contributed by atoms with Gasteiger partial charge in [-0.15, -0.1) is 0 Å². The van der Waals surface area contributed by atoms with Crippen molar-refractivity contribution in [2.24, 2.45) is 5.92 Å². The molecule has 20 heavy (non-hydrogen) atoms. The van der Waals surface area contributed by atoms with Crippen molar-refractivity contribution in [2.75, 3.05) is 18.9 Å². The van der Waals surface area contributed by atoms with Crippen LogP contribution in [0.2, 0.25) is 0 Å². The average molecular weight is 270 g/mol. The van der Waals surface area contributed by atoms with Gasteiger partial charge in [0.1, 0.15) is 0 Å². The van der Waals surface area contributed by atoms with Gasteiger partial charge < -0.3 is 10.6 Å². The van der Waals surface area contributed by atoms with Crippen LogP contribution in [0, 0.1) is 5.92 Å². The molecule has 5 nitrogen and oxygen atoms in total. The van der Waals surface area contributed by atoms with Crippen molar-refractivity contribution in [3.05, 3.63) is 42.7 Å². The van der Waals surface area contributed by atoms with Crippen LogP contribution in [-0.4, -0.2) is 29.5 Å². The van der Waals surface area contributed by atoms with Gasteiger partial charge in [0.25, 0.3) is 0 Å². The van der Waals surface area contributed by atoms with Crippen molar-refractivity contribution in [2.45, 2.75) is 6.92 Å². The highest BCUT2D eigenvalue weighted by atomic mass is 16.1. The normalized spacial score (nSPS) is 11.9. The third-order valence-corrected chi connectivity index (χ3v) is 2.91. The van der Waals surface area contributed by atoms with Crippen LogP contribution in [0.4, 0.5) is 5.69 Å². The molecule has 0 radical (unpaired) electrons. The van der Waals surface area contributed by atoms with Crippen molar-refractivity contribution in [1.29, 1.82) is 0 Å². The van der Waals surface area contributed by atoms with Gasteiger partial charge in [-0.05, 0) is 7.05 Å². The van der Waals surface area contributed by atoms with E-state index in [2.05, 4.69) is 20.6 Å². The number of hydrogen-bond donors (Lipinski definition) is 2. The third kappa shape index (κ3) is 3.61. The Kier molecular flexibility index (Phi) is 4.79. The SMILES string of the molecule is CNCC(C)C(=O)Nc1cnc(-c2ccccc2)nc1. The van der Waals surface area contributed by atoms with Gasteiger partial charge in [-0.3, -0.25) is 4.79 Å². The minimum atomic E-state index is -0.103. The number of carbonyl (C=O) groups is 1. The summed E-state index contributed by atoms with van der Waals surface area (Å²) in [5.74, 6) is 0.496. The van der Waals surface area contributed by atoms with Crippen LogP contribution in [0.15, 0.2) is 42.7 Å². The average Bonchev–Trinajstić information content (AvgIpc) is 2.49. The molecule has 0 aliphatic carbocycles. The topological polar surface area (TPSA) is 66.9 Å². The Balaban J connectivity index is 2.04. The maximum atomic E-state index is 11.9. The molecule has 1 aromatic heterocycles. The first-order valence-corrected chi connectivity index (χ1v) is 6.53. The van der Waals surface area contributed by atoms with Gasteiger partial charge in [0.15, 0.2) is 5.82 Å². The van der Waals surface area contributed by atoms with Gasteiger partial charge in [-0.1, -0.05) is 37.3 Å². The fraction of sp³-hybridized carbons (Fsp3) is 0.267. The Bertz CT molecular complexity index is 554. The van der Waals surface area contributed by atoms with Gasteiger partial charge in [-0.2, -0.15) is 0 Å². The molecule has 0 aliphatic rings. The Morgan fingerprint density at radius 1 is 1.20 bits per heavy atom. The van der Waals surface area contributed by atoms with E-state index >= 15 is 0 Å². The van der Waals surface area contributed by atoms with E-state index in [1.54, 1.807) is 12.4 Å². The van der Waals surface area contributed by atoms with Crippen LogP contribution in [0.5, 0.6) is 0 Å². The van der Waals surface area contributed by atoms with Crippen LogP contribution in [-0.2, 0) is 4.79 Å². The molecule has 1 aromatic carbocycles. The predicted octanol–water partition coefficient (Wildman–Crippen LogP) is 1.94. The van der Waals surface area contributed by atoms with E-state index < -0.39 is 0 Å². The van der Waals surface area contributed by atoms with Crippen LogP contribution in [0.1, 0.15) is 6.92 Å². The summed E-state index contributed by atoms with van der Waals surface area (Å²) < 4.78 is 0. The molecule has 0 saturated carbocycles. The lowest BCUT2D eigenvalue weighted by molar-refractivity contribution is -0.119. The molecule has 2 rings (SSSR count). The number of benzene rings is 1. The largest absolute Gasteiger partial charge is 0.323 e. The maximum Gasteiger partial charge on any atom is 0.228 e. The van der Waals surface area contributed by atoms with Crippen LogP contribution in [0.25, 0.3) is 11.4 Å². The fourth-order valence-corrected chi connectivity index (χ4v) is 1.79. The number of nitrogens with zero attached hydrogens (tertiary/aromatic N) is 2. The first-order valence-electron chi connectivity index (χ1n) is 6.53. The van der Waals surface area contributed by atoms with E-state index in [0.717, 1.165) is 5.56 Å². The molecule has 1 unspecified atom stereocenters. The summed E-state index contributed by atoms with van der Waals surface area (Å²) in [6, 6.07) is 9.72. The molecule has 0 fully saturated rings. The number of carbonyl (C=O) groups excluding carboxylic acids is 1. The second-order valence-electron chi connectivity index (χ2n) is 4.61. The number of nitrogens with one attached hydrogen (secondary N) is 2. The van der Waals surface area contributed by atoms with Gasteiger partial charge in [0.05, 0.1) is 18.1 Å².